The van der Waals surface area contributed by atoms with Crippen LogP contribution >= 0.6 is 0 Å². The number of carboxylic acid groups (broad SMARTS) is 1. The van der Waals surface area contributed by atoms with Gasteiger partial charge in [0, 0.05) is 20.2 Å². The second-order valence-electron chi connectivity index (χ2n) is 5.57. The van der Waals surface area contributed by atoms with E-state index in [1.54, 1.807) is 0 Å². The minimum atomic E-state index is -3.58. The van der Waals surface area contributed by atoms with Gasteiger partial charge < -0.3 is 9.84 Å². The Morgan fingerprint density at radius 1 is 1.35 bits per heavy atom. The molecule has 1 saturated heterocycles. The third kappa shape index (κ3) is 4.49. The predicted octanol–water partition coefficient (Wildman–Crippen LogP) is 1.64. The van der Waals surface area contributed by atoms with E-state index in [0.29, 0.717) is 18.4 Å². The number of halogens is 1. The molecule has 1 fully saturated rings. The molecule has 1 aliphatic rings. The van der Waals surface area contributed by atoms with Crippen molar-refractivity contribution < 1.29 is 27.4 Å². The molecule has 0 saturated carbocycles. The van der Waals surface area contributed by atoms with Crippen molar-refractivity contribution >= 4 is 16.0 Å². The number of carbonyl (C=O) groups is 1. The fourth-order valence-corrected chi connectivity index (χ4v) is 4.34. The normalized spacial score (nSPS) is 18.7. The number of benzene rings is 1. The Balaban J connectivity index is 2.04. The van der Waals surface area contributed by atoms with Crippen molar-refractivity contribution in [3.05, 3.63) is 35.6 Å². The number of ether oxygens (including phenoxy) is 1. The van der Waals surface area contributed by atoms with Crippen LogP contribution in [0.25, 0.3) is 0 Å². The highest BCUT2D eigenvalue weighted by Crippen LogP contribution is 2.24. The highest BCUT2D eigenvalue weighted by molar-refractivity contribution is 7.89. The van der Waals surface area contributed by atoms with Gasteiger partial charge in [0.05, 0.1) is 17.8 Å². The van der Waals surface area contributed by atoms with Gasteiger partial charge in [-0.1, -0.05) is 12.1 Å². The Morgan fingerprint density at radius 3 is 2.39 bits per heavy atom. The molecule has 1 aromatic carbocycles. The molecule has 0 amide bonds. The van der Waals surface area contributed by atoms with Crippen LogP contribution < -0.4 is 0 Å². The second-order valence-corrected chi connectivity index (χ2v) is 7.58. The first-order valence-corrected chi connectivity index (χ1v) is 8.93. The largest absolute Gasteiger partial charge is 0.481 e. The number of aliphatic carboxylic acids is 1. The molecular weight excluding hydrogens is 325 g/mol. The minimum absolute atomic E-state index is 0.194. The van der Waals surface area contributed by atoms with Gasteiger partial charge in [0.25, 0.3) is 0 Å². The zero-order chi connectivity index (χ0) is 17.0. The van der Waals surface area contributed by atoms with Crippen LogP contribution in [0.3, 0.4) is 0 Å². The van der Waals surface area contributed by atoms with Gasteiger partial charge in [0.1, 0.15) is 5.82 Å². The molecule has 1 unspecified atom stereocenters. The highest BCUT2D eigenvalue weighted by atomic mass is 32.2. The van der Waals surface area contributed by atoms with Gasteiger partial charge in [0.2, 0.25) is 10.0 Å². The van der Waals surface area contributed by atoms with Crippen LogP contribution in [0.5, 0.6) is 0 Å². The Hall–Kier alpha value is -1.51. The quantitative estimate of drug-likeness (QED) is 0.847. The fourth-order valence-electron chi connectivity index (χ4n) is 2.66. The van der Waals surface area contributed by atoms with Crippen LogP contribution in [0.2, 0.25) is 0 Å². The third-order valence-corrected chi connectivity index (χ3v) is 5.96. The molecule has 1 heterocycles. The van der Waals surface area contributed by atoms with Gasteiger partial charge in [-0.25, -0.2) is 17.1 Å². The van der Waals surface area contributed by atoms with E-state index in [4.69, 9.17) is 9.84 Å². The Kier molecular flexibility index (Phi) is 5.72. The molecule has 1 N–H and O–H groups in total. The van der Waals surface area contributed by atoms with E-state index in [1.165, 1.54) is 35.7 Å². The van der Waals surface area contributed by atoms with Crippen LogP contribution in [0.1, 0.15) is 24.5 Å². The summed E-state index contributed by atoms with van der Waals surface area (Å²) in [6, 6.07) is 5.50. The number of hydrogen-bond donors (Lipinski definition) is 1. The number of carboxylic acids is 1. The molecule has 0 spiro atoms. The van der Waals surface area contributed by atoms with Crippen molar-refractivity contribution in [3.8, 4) is 0 Å². The smallest absolute Gasteiger partial charge is 0.306 e. The molecule has 6 nitrogen and oxygen atoms in total. The Bertz CT molecular complexity index is 638. The number of piperidine rings is 1. The van der Waals surface area contributed by atoms with Crippen LogP contribution in [0.15, 0.2) is 24.3 Å². The fraction of sp³-hybridized carbons (Fsp3) is 0.533. The first kappa shape index (κ1) is 17.8. The number of rotatable bonds is 6. The summed E-state index contributed by atoms with van der Waals surface area (Å²) in [5.74, 6) is -2.03. The van der Waals surface area contributed by atoms with E-state index in [1.807, 2.05) is 0 Å². The summed E-state index contributed by atoms with van der Waals surface area (Å²) in [5.41, 5.74) is 0.581. The molecule has 23 heavy (non-hydrogen) atoms. The molecule has 2 rings (SSSR count). The van der Waals surface area contributed by atoms with Crippen molar-refractivity contribution in [3.63, 3.8) is 0 Å². The van der Waals surface area contributed by atoms with Gasteiger partial charge in [0.15, 0.2) is 0 Å². The molecule has 1 aliphatic heterocycles. The maximum atomic E-state index is 13.0. The van der Waals surface area contributed by atoms with Crippen molar-refractivity contribution in [1.29, 1.82) is 0 Å². The van der Waals surface area contributed by atoms with E-state index in [9.17, 15) is 17.6 Å². The minimum Gasteiger partial charge on any atom is -0.481 e. The summed E-state index contributed by atoms with van der Waals surface area (Å²) in [6.45, 7) is 0.387. The van der Waals surface area contributed by atoms with Crippen LogP contribution in [-0.4, -0.2) is 49.8 Å². The summed E-state index contributed by atoms with van der Waals surface area (Å²) in [7, 11) is -2.18. The molecule has 0 bridgehead atoms. The predicted molar refractivity (Wildman–Crippen MR) is 81.9 cm³/mol. The Morgan fingerprint density at radius 2 is 1.91 bits per heavy atom. The molecule has 0 aromatic heterocycles. The van der Waals surface area contributed by atoms with E-state index in [0.717, 1.165) is 0 Å². The monoisotopic (exact) mass is 345 g/mol. The second kappa shape index (κ2) is 7.37. The van der Waals surface area contributed by atoms with Crippen LogP contribution in [0, 0.1) is 11.7 Å². The van der Waals surface area contributed by atoms with Crippen molar-refractivity contribution in [2.75, 3.05) is 26.0 Å². The van der Waals surface area contributed by atoms with Gasteiger partial charge >= 0.3 is 5.97 Å². The molecule has 8 heteroatoms. The number of sulfonamides is 1. The van der Waals surface area contributed by atoms with Gasteiger partial charge in [-0.05, 0) is 30.5 Å². The van der Waals surface area contributed by atoms with E-state index in [2.05, 4.69) is 0 Å². The molecule has 0 radical (unpaired) electrons. The standard InChI is InChI=1S/C15H20FNO5S/c1-22-14(11-2-4-13(16)5-3-11)10-23(20,21)17-8-6-12(7-9-17)15(18)19/h2-5,12,14H,6-10H2,1H3,(H,18,19). The SMILES string of the molecule is COC(CS(=O)(=O)N1CCC(C(=O)O)CC1)c1ccc(F)cc1. The summed E-state index contributed by atoms with van der Waals surface area (Å²) < 4.78 is 44.5. The lowest BCUT2D eigenvalue weighted by Gasteiger charge is -2.30. The van der Waals surface area contributed by atoms with E-state index in [-0.39, 0.29) is 18.8 Å². The van der Waals surface area contributed by atoms with E-state index >= 15 is 0 Å². The molecule has 1 atom stereocenters. The van der Waals surface area contributed by atoms with Crippen LogP contribution in [0.4, 0.5) is 4.39 Å². The average molecular weight is 345 g/mol. The summed E-state index contributed by atoms with van der Waals surface area (Å²) in [6.07, 6.45) is -0.0799. The van der Waals surface area contributed by atoms with Gasteiger partial charge in [-0.2, -0.15) is 0 Å². The molecule has 0 aliphatic carbocycles. The number of hydrogen-bond acceptors (Lipinski definition) is 4. The van der Waals surface area contributed by atoms with Gasteiger partial charge in [-0.15, -0.1) is 0 Å². The highest BCUT2D eigenvalue weighted by Gasteiger charge is 2.32. The van der Waals surface area contributed by atoms with Crippen molar-refractivity contribution in [2.45, 2.75) is 18.9 Å². The third-order valence-electron chi connectivity index (χ3n) is 4.08. The number of nitrogens with zero attached hydrogens (tertiary/aromatic N) is 1. The summed E-state index contributed by atoms with van der Waals surface area (Å²) >= 11 is 0. The maximum absolute atomic E-state index is 13.0. The molecular formula is C15H20FNO5S. The Labute approximate surface area is 134 Å². The zero-order valence-corrected chi connectivity index (χ0v) is 13.6. The summed E-state index contributed by atoms with van der Waals surface area (Å²) in [5, 5.41) is 8.96. The van der Waals surface area contributed by atoms with Crippen molar-refractivity contribution in [2.24, 2.45) is 5.92 Å². The molecule has 1 aromatic rings. The molecule has 128 valence electrons. The average Bonchev–Trinajstić information content (AvgIpc) is 2.53. The number of methoxy groups -OCH3 is 1. The summed E-state index contributed by atoms with van der Waals surface area (Å²) in [4.78, 5) is 10.9. The topological polar surface area (TPSA) is 83.9 Å². The van der Waals surface area contributed by atoms with Crippen molar-refractivity contribution in [1.82, 2.24) is 4.31 Å². The van der Waals surface area contributed by atoms with E-state index < -0.39 is 33.8 Å². The van der Waals surface area contributed by atoms with Crippen LogP contribution in [-0.2, 0) is 19.6 Å². The maximum Gasteiger partial charge on any atom is 0.306 e. The lowest BCUT2D eigenvalue weighted by Crippen LogP contribution is -2.42. The first-order chi connectivity index (χ1) is 10.8. The van der Waals surface area contributed by atoms with Gasteiger partial charge in [-0.3, -0.25) is 4.79 Å². The lowest BCUT2D eigenvalue weighted by molar-refractivity contribution is -0.142. The zero-order valence-electron chi connectivity index (χ0n) is 12.8. The first-order valence-electron chi connectivity index (χ1n) is 7.32. The lowest BCUT2D eigenvalue weighted by atomic mass is 9.99.